The molecule has 1 fully saturated rings. The number of benzene rings is 1. The van der Waals surface area contributed by atoms with Gasteiger partial charge in [0.25, 0.3) is 0 Å². The van der Waals surface area contributed by atoms with Crippen LogP contribution in [0.25, 0.3) is 10.8 Å². The van der Waals surface area contributed by atoms with Crippen LogP contribution in [-0.2, 0) is 0 Å². The zero-order valence-electron chi connectivity index (χ0n) is 10.6. The number of aromatic nitrogens is 2. The summed E-state index contributed by atoms with van der Waals surface area (Å²) in [5.74, 6) is 0.617. The lowest BCUT2D eigenvalue weighted by molar-refractivity contribution is 0.314. The van der Waals surface area contributed by atoms with Crippen LogP contribution in [0.1, 0.15) is 18.0 Å². The molecule has 2 unspecified atom stereocenters. The first-order valence-corrected chi connectivity index (χ1v) is 6.38. The Bertz CT molecular complexity index is 554. The second-order valence-corrected chi connectivity index (χ2v) is 5.17. The summed E-state index contributed by atoms with van der Waals surface area (Å²) >= 11 is 0. The predicted octanol–water partition coefficient (Wildman–Crippen LogP) is 1.58. The summed E-state index contributed by atoms with van der Waals surface area (Å²) in [6.45, 7) is 1.87. The van der Waals surface area contributed by atoms with Crippen molar-refractivity contribution in [2.45, 2.75) is 12.5 Å². The maximum atomic E-state index is 5.78. The van der Waals surface area contributed by atoms with Gasteiger partial charge in [0.1, 0.15) is 0 Å². The number of hydrogen-bond acceptors (Lipinski definition) is 4. The molecule has 2 aromatic rings. The van der Waals surface area contributed by atoms with Gasteiger partial charge in [-0.2, -0.15) is 10.2 Å². The lowest BCUT2D eigenvalue weighted by Gasteiger charge is -2.19. The number of nitrogens with zero attached hydrogens (tertiary/aromatic N) is 3. The fourth-order valence-corrected chi connectivity index (χ4v) is 2.89. The lowest BCUT2D eigenvalue weighted by atomic mass is 9.98. The molecule has 0 aliphatic carbocycles. The second kappa shape index (κ2) is 4.63. The van der Waals surface area contributed by atoms with Crippen LogP contribution in [0.4, 0.5) is 0 Å². The summed E-state index contributed by atoms with van der Waals surface area (Å²) < 4.78 is 0. The van der Waals surface area contributed by atoms with E-state index in [2.05, 4.69) is 40.3 Å². The van der Waals surface area contributed by atoms with Gasteiger partial charge in [-0.1, -0.05) is 12.1 Å². The first-order valence-electron chi connectivity index (χ1n) is 6.38. The maximum Gasteiger partial charge on any atom is 0.0574 e. The van der Waals surface area contributed by atoms with E-state index in [-0.39, 0.29) is 0 Å². The molecule has 2 N–H and O–H groups in total. The van der Waals surface area contributed by atoms with Crippen molar-refractivity contribution in [2.24, 2.45) is 11.7 Å². The van der Waals surface area contributed by atoms with Crippen LogP contribution in [0.15, 0.2) is 30.6 Å². The Morgan fingerprint density at radius 1 is 1.28 bits per heavy atom. The van der Waals surface area contributed by atoms with E-state index in [1.165, 1.54) is 5.56 Å². The van der Waals surface area contributed by atoms with Crippen molar-refractivity contribution >= 4 is 10.8 Å². The van der Waals surface area contributed by atoms with E-state index in [4.69, 9.17) is 5.73 Å². The van der Waals surface area contributed by atoms with Crippen LogP contribution in [0.2, 0.25) is 0 Å². The van der Waals surface area contributed by atoms with Gasteiger partial charge in [0.05, 0.1) is 12.4 Å². The van der Waals surface area contributed by atoms with E-state index in [9.17, 15) is 0 Å². The van der Waals surface area contributed by atoms with E-state index < -0.39 is 0 Å². The summed E-state index contributed by atoms with van der Waals surface area (Å²) in [6, 6.07) is 7.04. The lowest BCUT2D eigenvalue weighted by Crippen LogP contribution is -2.20. The van der Waals surface area contributed by atoms with Gasteiger partial charge in [0, 0.05) is 23.4 Å². The minimum absolute atomic E-state index is 0.483. The van der Waals surface area contributed by atoms with Crippen molar-refractivity contribution in [3.05, 3.63) is 36.2 Å². The third kappa shape index (κ3) is 1.98. The Kier molecular flexibility index (Phi) is 2.97. The van der Waals surface area contributed by atoms with Gasteiger partial charge >= 0.3 is 0 Å². The Morgan fingerprint density at radius 3 is 2.78 bits per heavy atom. The van der Waals surface area contributed by atoms with Crippen molar-refractivity contribution in [2.75, 3.05) is 20.1 Å². The number of fused-ring (bicyclic) bond motifs is 1. The highest BCUT2D eigenvalue weighted by atomic mass is 15.2. The third-order valence-corrected chi connectivity index (χ3v) is 3.92. The highest BCUT2D eigenvalue weighted by molar-refractivity contribution is 5.81. The standard InChI is InChI=1S/C14H18N4/c1-18-9-10(6-15)4-14(18)11-2-3-12-7-16-17-8-13(12)5-11/h2-3,5,7-8,10,14H,4,6,9,15H2,1H3. The summed E-state index contributed by atoms with van der Waals surface area (Å²) in [5, 5.41) is 10.2. The third-order valence-electron chi connectivity index (χ3n) is 3.92. The summed E-state index contributed by atoms with van der Waals surface area (Å²) in [4.78, 5) is 2.40. The van der Waals surface area contributed by atoms with E-state index in [1.807, 2.05) is 6.20 Å². The number of hydrogen-bond donors (Lipinski definition) is 1. The minimum atomic E-state index is 0.483. The van der Waals surface area contributed by atoms with Crippen molar-refractivity contribution in [1.29, 1.82) is 0 Å². The minimum Gasteiger partial charge on any atom is -0.330 e. The van der Waals surface area contributed by atoms with E-state index in [1.54, 1.807) is 6.20 Å². The average Bonchev–Trinajstić information content (AvgIpc) is 2.79. The molecule has 0 spiro atoms. The van der Waals surface area contributed by atoms with Gasteiger partial charge in [-0.15, -0.1) is 0 Å². The topological polar surface area (TPSA) is 55.0 Å². The Labute approximate surface area is 107 Å². The average molecular weight is 242 g/mol. The number of rotatable bonds is 2. The normalized spacial score (nSPS) is 24.8. The molecule has 1 aliphatic heterocycles. The van der Waals surface area contributed by atoms with E-state index >= 15 is 0 Å². The zero-order valence-corrected chi connectivity index (χ0v) is 10.6. The molecule has 1 aliphatic rings. The summed E-state index contributed by atoms with van der Waals surface area (Å²) in [5.41, 5.74) is 7.14. The Hall–Kier alpha value is -1.52. The number of likely N-dealkylation sites (tertiary alicyclic amines) is 1. The van der Waals surface area contributed by atoms with Crippen molar-refractivity contribution in [3.63, 3.8) is 0 Å². The van der Waals surface area contributed by atoms with Crippen LogP contribution >= 0.6 is 0 Å². The van der Waals surface area contributed by atoms with Gasteiger partial charge < -0.3 is 5.73 Å². The molecule has 4 heteroatoms. The van der Waals surface area contributed by atoms with Crippen LogP contribution < -0.4 is 5.73 Å². The van der Waals surface area contributed by atoms with Gasteiger partial charge in [0.15, 0.2) is 0 Å². The SMILES string of the molecule is CN1CC(CN)CC1c1ccc2cnncc2c1. The van der Waals surface area contributed by atoms with Crippen LogP contribution in [0.3, 0.4) is 0 Å². The van der Waals surface area contributed by atoms with Gasteiger partial charge in [-0.05, 0) is 37.6 Å². The van der Waals surface area contributed by atoms with Gasteiger partial charge in [-0.25, -0.2) is 0 Å². The molecule has 0 amide bonds. The maximum absolute atomic E-state index is 5.78. The highest BCUT2D eigenvalue weighted by Gasteiger charge is 2.29. The fraction of sp³-hybridized carbons (Fsp3) is 0.429. The molecule has 0 bridgehead atoms. The molecule has 94 valence electrons. The molecule has 1 aromatic heterocycles. The van der Waals surface area contributed by atoms with Crippen molar-refractivity contribution in [1.82, 2.24) is 15.1 Å². The molecule has 4 nitrogen and oxygen atoms in total. The fourth-order valence-electron chi connectivity index (χ4n) is 2.89. The smallest absolute Gasteiger partial charge is 0.0574 e. The molecule has 1 saturated heterocycles. The first kappa shape index (κ1) is 11.6. The highest BCUT2D eigenvalue weighted by Crippen LogP contribution is 2.34. The first-order chi connectivity index (χ1) is 8.78. The summed E-state index contributed by atoms with van der Waals surface area (Å²) in [6.07, 6.45) is 4.78. The van der Waals surface area contributed by atoms with Crippen LogP contribution in [-0.4, -0.2) is 35.2 Å². The molecule has 3 rings (SSSR count). The predicted molar refractivity (Wildman–Crippen MR) is 72.1 cm³/mol. The number of nitrogens with two attached hydrogens (primary N) is 1. The monoisotopic (exact) mass is 242 g/mol. The molecular weight excluding hydrogens is 224 g/mol. The van der Waals surface area contributed by atoms with Crippen molar-refractivity contribution in [3.8, 4) is 0 Å². The quantitative estimate of drug-likeness (QED) is 0.868. The Morgan fingerprint density at radius 2 is 2.06 bits per heavy atom. The Balaban J connectivity index is 1.94. The van der Waals surface area contributed by atoms with Crippen molar-refractivity contribution < 1.29 is 0 Å². The molecule has 1 aromatic carbocycles. The van der Waals surface area contributed by atoms with Gasteiger partial charge in [-0.3, -0.25) is 4.90 Å². The van der Waals surface area contributed by atoms with Crippen LogP contribution in [0.5, 0.6) is 0 Å². The van der Waals surface area contributed by atoms with E-state index in [0.717, 1.165) is 30.3 Å². The van der Waals surface area contributed by atoms with E-state index in [0.29, 0.717) is 12.0 Å². The molecule has 18 heavy (non-hydrogen) atoms. The van der Waals surface area contributed by atoms with Crippen LogP contribution in [0, 0.1) is 5.92 Å². The largest absolute Gasteiger partial charge is 0.330 e. The molecule has 2 heterocycles. The molecule has 2 atom stereocenters. The molecular formula is C14H18N4. The summed E-state index contributed by atoms with van der Waals surface area (Å²) in [7, 11) is 2.18. The van der Waals surface area contributed by atoms with Gasteiger partial charge in [0.2, 0.25) is 0 Å². The molecule has 0 radical (unpaired) electrons. The second-order valence-electron chi connectivity index (χ2n) is 5.17. The zero-order chi connectivity index (χ0) is 12.5. The molecule has 0 saturated carbocycles.